The van der Waals surface area contributed by atoms with Crippen molar-refractivity contribution in [1.29, 1.82) is 5.26 Å². The molecule has 0 spiro atoms. The van der Waals surface area contributed by atoms with Crippen molar-refractivity contribution < 1.29 is 4.39 Å². The molecule has 1 aliphatic heterocycles. The summed E-state index contributed by atoms with van der Waals surface area (Å²) >= 11 is 0. The van der Waals surface area contributed by atoms with Crippen LogP contribution >= 0.6 is 0 Å². The fourth-order valence-electron chi connectivity index (χ4n) is 2.42. The van der Waals surface area contributed by atoms with Crippen molar-refractivity contribution in [2.75, 3.05) is 19.6 Å². The van der Waals surface area contributed by atoms with E-state index in [0.717, 1.165) is 31.5 Å². The molecule has 0 aromatic heterocycles. The zero-order valence-corrected chi connectivity index (χ0v) is 10.4. The van der Waals surface area contributed by atoms with Crippen LogP contribution in [-0.2, 0) is 6.54 Å². The third-order valence-corrected chi connectivity index (χ3v) is 3.33. The van der Waals surface area contributed by atoms with Crippen LogP contribution in [0.4, 0.5) is 4.39 Å². The fourth-order valence-corrected chi connectivity index (χ4v) is 2.42. The molecule has 0 bridgehead atoms. The Bertz CT molecular complexity index is 427. The van der Waals surface area contributed by atoms with Crippen molar-refractivity contribution in [3.63, 3.8) is 0 Å². The Morgan fingerprint density at radius 1 is 1.44 bits per heavy atom. The lowest BCUT2D eigenvalue weighted by atomic mass is 10.0. The molecule has 1 saturated heterocycles. The van der Waals surface area contributed by atoms with Crippen LogP contribution in [0.2, 0.25) is 0 Å². The lowest BCUT2D eigenvalue weighted by Gasteiger charge is -2.32. The molecule has 1 aliphatic rings. The van der Waals surface area contributed by atoms with E-state index < -0.39 is 0 Å². The largest absolute Gasteiger partial charge is 0.300 e. The molecule has 2 rings (SSSR count). The van der Waals surface area contributed by atoms with Gasteiger partial charge in [-0.25, -0.2) is 4.39 Å². The zero-order chi connectivity index (χ0) is 12.8. The van der Waals surface area contributed by atoms with E-state index in [2.05, 4.69) is 16.3 Å². The Kier molecular flexibility index (Phi) is 4.68. The standard InChI is InChI=1S/C14H18FN3/c15-14-6-2-1-4-12(14)10-18-9-3-5-13(11-18)17-8-7-16/h1-2,4,6,13,17H,3,5,8-11H2. The number of likely N-dealkylation sites (tertiary alicyclic amines) is 1. The second-order valence-electron chi connectivity index (χ2n) is 4.70. The van der Waals surface area contributed by atoms with Gasteiger partial charge >= 0.3 is 0 Å². The van der Waals surface area contributed by atoms with E-state index >= 15 is 0 Å². The summed E-state index contributed by atoms with van der Waals surface area (Å²) in [4.78, 5) is 2.25. The average molecular weight is 247 g/mol. The summed E-state index contributed by atoms with van der Waals surface area (Å²) in [5.74, 6) is -0.135. The van der Waals surface area contributed by atoms with E-state index in [1.807, 2.05) is 12.1 Å². The molecular weight excluding hydrogens is 229 g/mol. The van der Waals surface area contributed by atoms with Crippen LogP contribution in [0.15, 0.2) is 24.3 Å². The van der Waals surface area contributed by atoms with Gasteiger partial charge in [0.2, 0.25) is 0 Å². The highest BCUT2D eigenvalue weighted by molar-refractivity contribution is 5.17. The van der Waals surface area contributed by atoms with Crippen molar-refractivity contribution in [3.8, 4) is 6.07 Å². The predicted octanol–water partition coefficient (Wildman–Crippen LogP) is 1.90. The smallest absolute Gasteiger partial charge is 0.127 e. The first-order valence-electron chi connectivity index (χ1n) is 6.35. The number of nitrogens with one attached hydrogen (secondary N) is 1. The van der Waals surface area contributed by atoms with Gasteiger partial charge in [-0.05, 0) is 25.5 Å². The van der Waals surface area contributed by atoms with Crippen LogP contribution in [0.25, 0.3) is 0 Å². The number of nitrogens with zero attached hydrogens (tertiary/aromatic N) is 2. The Morgan fingerprint density at radius 2 is 2.28 bits per heavy atom. The van der Waals surface area contributed by atoms with Gasteiger partial charge in [0, 0.05) is 24.7 Å². The molecular formula is C14H18FN3. The normalized spacial score (nSPS) is 20.6. The fraction of sp³-hybridized carbons (Fsp3) is 0.500. The van der Waals surface area contributed by atoms with Crippen molar-refractivity contribution in [3.05, 3.63) is 35.6 Å². The summed E-state index contributed by atoms with van der Waals surface area (Å²) in [6.07, 6.45) is 2.19. The maximum absolute atomic E-state index is 13.6. The van der Waals surface area contributed by atoms with Gasteiger partial charge in [0.05, 0.1) is 12.6 Å². The number of hydrogen-bond donors (Lipinski definition) is 1. The van der Waals surface area contributed by atoms with Gasteiger partial charge in [0.25, 0.3) is 0 Å². The quantitative estimate of drug-likeness (QED) is 0.826. The molecule has 1 heterocycles. The number of nitriles is 1. The maximum Gasteiger partial charge on any atom is 0.127 e. The number of benzene rings is 1. The minimum absolute atomic E-state index is 0.135. The number of halogens is 1. The summed E-state index contributed by atoms with van der Waals surface area (Å²) in [6, 6.07) is 9.37. The molecule has 1 aromatic carbocycles. The van der Waals surface area contributed by atoms with Gasteiger partial charge in [-0.3, -0.25) is 4.90 Å². The van der Waals surface area contributed by atoms with E-state index in [4.69, 9.17) is 5.26 Å². The second-order valence-corrected chi connectivity index (χ2v) is 4.70. The van der Waals surface area contributed by atoms with Crippen molar-refractivity contribution in [2.24, 2.45) is 0 Å². The average Bonchev–Trinajstić information content (AvgIpc) is 2.40. The molecule has 1 fully saturated rings. The van der Waals surface area contributed by atoms with Crippen molar-refractivity contribution >= 4 is 0 Å². The molecule has 96 valence electrons. The first-order chi connectivity index (χ1) is 8.79. The Hall–Kier alpha value is -1.44. The zero-order valence-electron chi connectivity index (χ0n) is 10.4. The number of piperidine rings is 1. The van der Waals surface area contributed by atoms with Crippen LogP contribution in [0.3, 0.4) is 0 Å². The highest BCUT2D eigenvalue weighted by atomic mass is 19.1. The third kappa shape index (κ3) is 3.52. The molecule has 0 aliphatic carbocycles. The summed E-state index contributed by atoms with van der Waals surface area (Å²) in [6.45, 7) is 2.92. The van der Waals surface area contributed by atoms with Crippen LogP contribution in [0, 0.1) is 17.1 Å². The summed E-state index contributed by atoms with van der Waals surface area (Å²) < 4.78 is 13.6. The Balaban J connectivity index is 1.90. The van der Waals surface area contributed by atoms with Gasteiger partial charge in [0.15, 0.2) is 0 Å². The van der Waals surface area contributed by atoms with Gasteiger partial charge < -0.3 is 5.32 Å². The topological polar surface area (TPSA) is 39.1 Å². The summed E-state index contributed by atoms with van der Waals surface area (Å²) in [5, 5.41) is 11.8. The minimum atomic E-state index is -0.135. The molecule has 0 amide bonds. The molecule has 4 heteroatoms. The summed E-state index contributed by atoms with van der Waals surface area (Å²) in [7, 11) is 0. The lowest BCUT2D eigenvalue weighted by molar-refractivity contribution is 0.184. The first kappa shape index (κ1) is 13.0. The van der Waals surface area contributed by atoms with Crippen molar-refractivity contribution in [2.45, 2.75) is 25.4 Å². The van der Waals surface area contributed by atoms with E-state index in [1.54, 1.807) is 6.07 Å². The molecule has 18 heavy (non-hydrogen) atoms. The van der Waals surface area contributed by atoms with E-state index in [-0.39, 0.29) is 5.82 Å². The lowest BCUT2D eigenvalue weighted by Crippen LogP contribution is -2.45. The predicted molar refractivity (Wildman–Crippen MR) is 68.3 cm³/mol. The second kappa shape index (κ2) is 6.48. The third-order valence-electron chi connectivity index (χ3n) is 3.33. The highest BCUT2D eigenvalue weighted by Gasteiger charge is 2.19. The molecule has 0 saturated carbocycles. The molecule has 1 atom stereocenters. The van der Waals surface area contributed by atoms with Crippen LogP contribution in [0.5, 0.6) is 0 Å². The van der Waals surface area contributed by atoms with E-state index in [9.17, 15) is 4.39 Å². The van der Waals surface area contributed by atoms with Crippen molar-refractivity contribution in [1.82, 2.24) is 10.2 Å². The molecule has 1 N–H and O–H groups in total. The minimum Gasteiger partial charge on any atom is -0.300 e. The van der Waals surface area contributed by atoms with Crippen LogP contribution in [-0.4, -0.2) is 30.6 Å². The number of hydrogen-bond acceptors (Lipinski definition) is 3. The molecule has 3 nitrogen and oxygen atoms in total. The summed E-state index contributed by atoms with van der Waals surface area (Å²) in [5.41, 5.74) is 0.749. The van der Waals surface area contributed by atoms with E-state index in [0.29, 0.717) is 19.1 Å². The Morgan fingerprint density at radius 3 is 3.06 bits per heavy atom. The van der Waals surface area contributed by atoms with Gasteiger partial charge in [-0.2, -0.15) is 5.26 Å². The molecule has 1 aromatic rings. The van der Waals surface area contributed by atoms with Crippen LogP contribution in [0.1, 0.15) is 18.4 Å². The number of rotatable bonds is 4. The Labute approximate surface area is 107 Å². The molecule has 0 radical (unpaired) electrons. The van der Waals surface area contributed by atoms with E-state index in [1.165, 1.54) is 6.07 Å². The first-order valence-corrected chi connectivity index (χ1v) is 6.35. The van der Waals surface area contributed by atoms with Gasteiger partial charge in [-0.15, -0.1) is 0 Å². The SMILES string of the molecule is N#CCNC1CCCN(Cc2ccccc2F)C1. The van der Waals surface area contributed by atoms with Gasteiger partial charge in [0.1, 0.15) is 5.82 Å². The van der Waals surface area contributed by atoms with Crippen LogP contribution < -0.4 is 5.32 Å². The van der Waals surface area contributed by atoms with Gasteiger partial charge in [-0.1, -0.05) is 18.2 Å². The highest BCUT2D eigenvalue weighted by Crippen LogP contribution is 2.15. The maximum atomic E-state index is 13.6. The monoisotopic (exact) mass is 247 g/mol. The molecule has 1 unspecified atom stereocenters.